The Bertz CT molecular complexity index is 1140. The first-order chi connectivity index (χ1) is 16.1. The van der Waals surface area contributed by atoms with E-state index in [1.165, 1.54) is 12.8 Å². The zero-order valence-electron chi connectivity index (χ0n) is 19.6. The first kappa shape index (κ1) is 23.0. The molecule has 3 aromatic rings. The smallest absolute Gasteiger partial charge is 0.167 e. The van der Waals surface area contributed by atoms with Crippen LogP contribution < -0.4 is 5.32 Å². The van der Waals surface area contributed by atoms with E-state index < -0.39 is 0 Å². The van der Waals surface area contributed by atoms with Crippen LogP contribution >= 0.6 is 0 Å². The lowest BCUT2D eigenvalue weighted by Crippen LogP contribution is -2.19. The Labute approximate surface area is 196 Å². The van der Waals surface area contributed by atoms with Gasteiger partial charge in [0.1, 0.15) is 5.82 Å². The van der Waals surface area contributed by atoms with Crippen LogP contribution in [0.3, 0.4) is 0 Å². The predicted octanol–water partition coefficient (Wildman–Crippen LogP) is 4.10. The molecule has 1 N–H and O–H groups in total. The number of carbonyl (C=O) groups is 1. The number of benzene rings is 2. The number of Topliss-reactive ketones (excluding diaryl/α,β-unsaturated/α-hetero) is 1. The number of hydrogen-bond donors (Lipinski definition) is 1. The van der Waals surface area contributed by atoms with Crippen molar-refractivity contribution in [3.63, 3.8) is 0 Å². The number of ketones is 1. The highest BCUT2D eigenvalue weighted by Crippen LogP contribution is 2.17. The molecule has 1 fully saturated rings. The summed E-state index contributed by atoms with van der Waals surface area (Å²) in [5.74, 6) is 8.15. The van der Waals surface area contributed by atoms with E-state index in [1.54, 1.807) is 0 Å². The van der Waals surface area contributed by atoms with E-state index in [9.17, 15) is 4.79 Å². The van der Waals surface area contributed by atoms with Crippen molar-refractivity contribution in [2.75, 3.05) is 27.2 Å². The predicted molar refractivity (Wildman–Crippen MR) is 133 cm³/mol. The van der Waals surface area contributed by atoms with Crippen LogP contribution in [-0.2, 0) is 13.0 Å². The van der Waals surface area contributed by atoms with E-state index in [4.69, 9.17) is 0 Å². The fraction of sp³-hybridized carbons (Fsp3) is 0.357. The molecule has 0 radical (unpaired) electrons. The summed E-state index contributed by atoms with van der Waals surface area (Å²) in [6, 6.07) is 15.9. The van der Waals surface area contributed by atoms with E-state index in [2.05, 4.69) is 37.7 Å². The summed E-state index contributed by atoms with van der Waals surface area (Å²) < 4.78 is 2.08. The maximum atomic E-state index is 13.0. The number of nitrogens with one attached hydrogen (secondary N) is 1. The summed E-state index contributed by atoms with van der Waals surface area (Å²) in [4.78, 5) is 19.6. The molecule has 0 amide bonds. The summed E-state index contributed by atoms with van der Waals surface area (Å²) >= 11 is 0. The largest absolute Gasteiger partial charge is 0.316 e. The van der Waals surface area contributed by atoms with Crippen molar-refractivity contribution in [3.05, 3.63) is 83.4 Å². The molecular weight excluding hydrogens is 408 g/mol. The molecule has 1 atom stereocenters. The Hall–Kier alpha value is -3.20. The van der Waals surface area contributed by atoms with Crippen LogP contribution in [0, 0.1) is 17.8 Å². The molecule has 1 unspecified atom stereocenters. The van der Waals surface area contributed by atoms with Crippen molar-refractivity contribution < 1.29 is 4.79 Å². The maximum absolute atomic E-state index is 13.0. The highest BCUT2D eigenvalue weighted by molar-refractivity contribution is 5.97. The minimum Gasteiger partial charge on any atom is -0.316 e. The highest BCUT2D eigenvalue weighted by atomic mass is 16.1. The second-order valence-corrected chi connectivity index (χ2v) is 8.97. The summed E-state index contributed by atoms with van der Waals surface area (Å²) in [6.45, 7) is 2.79. The number of carbonyl (C=O) groups excluding carboxylic acids is 1. The van der Waals surface area contributed by atoms with Crippen LogP contribution in [0.1, 0.15) is 46.6 Å². The average Bonchev–Trinajstić information content (AvgIpc) is 3.10. The molecule has 2 aromatic carbocycles. The molecule has 5 heteroatoms. The molecule has 5 nitrogen and oxygen atoms in total. The van der Waals surface area contributed by atoms with Gasteiger partial charge in [-0.25, -0.2) is 4.98 Å². The molecular formula is C28H32N4O. The van der Waals surface area contributed by atoms with Crippen molar-refractivity contribution in [2.45, 2.75) is 32.2 Å². The lowest BCUT2D eigenvalue weighted by molar-refractivity contribution is 0.0993. The summed E-state index contributed by atoms with van der Waals surface area (Å²) in [7, 11) is 4.06. The summed E-state index contributed by atoms with van der Waals surface area (Å²) in [5, 5.41) is 3.45. The van der Waals surface area contributed by atoms with Gasteiger partial charge >= 0.3 is 0 Å². The summed E-state index contributed by atoms with van der Waals surface area (Å²) in [6.07, 6.45) is 7.72. The fourth-order valence-corrected chi connectivity index (χ4v) is 4.17. The van der Waals surface area contributed by atoms with Gasteiger partial charge in [-0.15, -0.1) is 0 Å². The first-order valence-electron chi connectivity index (χ1n) is 11.7. The number of rotatable bonds is 6. The van der Waals surface area contributed by atoms with E-state index in [-0.39, 0.29) is 5.78 Å². The van der Waals surface area contributed by atoms with Gasteiger partial charge in [0.15, 0.2) is 5.78 Å². The molecule has 0 spiro atoms. The van der Waals surface area contributed by atoms with Crippen LogP contribution in [-0.4, -0.2) is 47.4 Å². The molecule has 170 valence electrons. The second-order valence-electron chi connectivity index (χ2n) is 8.97. The van der Waals surface area contributed by atoms with Crippen molar-refractivity contribution >= 4 is 5.78 Å². The zero-order valence-corrected chi connectivity index (χ0v) is 19.6. The first-order valence-corrected chi connectivity index (χ1v) is 11.7. The topological polar surface area (TPSA) is 50.2 Å². The standard InChI is InChI=1S/C28H32N4O/c1-31(2)21-28-30-15-16-32(28)26-11-6-9-24(18-26)19-27(33)25-10-5-8-22(17-25)12-13-23-7-3-4-14-29-20-23/h5-6,8-11,15-18,23,29H,3-4,7,14,19-21H2,1-2H3. The van der Waals surface area contributed by atoms with Crippen LogP contribution in [0.2, 0.25) is 0 Å². The molecule has 1 aliphatic rings. The molecule has 0 aliphatic carbocycles. The Kier molecular flexibility index (Phi) is 7.72. The zero-order chi connectivity index (χ0) is 23.0. The number of aromatic nitrogens is 2. The average molecular weight is 441 g/mol. The van der Waals surface area contributed by atoms with Crippen LogP contribution in [0.4, 0.5) is 0 Å². The van der Waals surface area contributed by atoms with Gasteiger partial charge in [0.2, 0.25) is 0 Å². The van der Waals surface area contributed by atoms with Crippen LogP contribution in [0.15, 0.2) is 60.9 Å². The van der Waals surface area contributed by atoms with Crippen LogP contribution in [0.25, 0.3) is 5.69 Å². The van der Waals surface area contributed by atoms with Gasteiger partial charge in [-0.05, 0) is 63.3 Å². The van der Waals surface area contributed by atoms with Crippen molar-refractivity contribution in [1.29, 1.82) is 0 Å². The Morgan fingerprint density at radius 1 is 1.18 bits per heavy atom. The van der Waals surface area contributed by atoms with Gasteiger partial charge in [-0.2, -0.15) is 0 Å². The number of nitrogens with zero attached hydrogens (tertiary/aromatic N) is 3. The fourth-order valence-electron chi connectivity index (χ4n) is 4.17. The molecule has 0 saturated carbocycles. The molecule has 1 saturated heterocycles. The minimum atomic E-state index is 0.103. The van der Waals surface area contributed by atoms with Crippen molar-refractivity contribution in [3.8, 4) is 17.5 Å². The van der Waals surface area contributed by atoms with Gasteiger partial charge in [0.05, 0.1) is 6.54 Å². The molecule has 4 rings (SSSR count). The van der Waals surface area contributed by atoms with Gasteiger partial charge in [-0.1, -0.05) is 42.5 Å². The van der Waals surface area contributed by atoms with Crippen molar-refractivity contribution in [1.82, 2.24) is 19.8 Å². The molecule has 33 heavy (non-hydrogen) atoms. The quantitative estimate of drug-likeness (QED) is 0.463. The molecule has 0 bridgehead atoms. The van der Waals surface area contributed by atoms with E-state index in [0.29, 0.717) is 17.9 Å². The molecule has 2 heterocycles. The molecule has 1 aromatic heterocycles. The third kappa shape index (κ3) is 6.41. The van der Waals surface area contributed by atoms with E-state index in [0.717, 1.165) is 48.7 Å². The Balaban J connectivity index is 1.46. The van der Waals surface area contributed by atoms with Gasteiger partial charge in [-0.3, -0.25) is 4.79 Å². The van der Waals surface area contributed by atoms with Gasteiger partial charge in [0, 0.05) is 48.1 Å². The Morgan fingerprint density at radius 2 is 2.06 bits per heavy atom. The van der Waals surface area contributed by atoms with E-state index in [1.807, 2.05) is 69.0 Å². The van der Waals surface area contributed by atoms with Crippen LogP contribution in [0.5, 0.6) is 0 Å². The minimum absolute atomic E-state index is 0.103. The number of hydrogen-bond acceptors (Lipinski definition) is 4. The second kappa shape index (κ2) is 11.1. The monoisotopic (exact) mass is 440 g/mol. The third-order valence-corrected chi connectivity index (χ3v) is 5.88. The van der Waals surface area contributed by atoms with Gasteiger partial charge in [0.25, 0.3) is 0 Å². The Morgan fingerprint density at radius 3 is 2.94 bits per heavy atom. The normalized spacial score (nSPS) is 16.2. The highest BCUT2D eigenvalue weighted by Gasteiger charge is 2.11. The van der Waals surface area contributed by atoms with Crippen molar-refractivity contribution in [2.24, 2.45) is 5.92 Å². The SMILES string of the molecule is CN(C)Cc1nccn1-c1cccc(CC(=O)c2cccc(C#CC3CCCCNC3)c2)c1. The lowest BCUT2D eigenvalue weighted by Gasteiger charge is -2.13. The summed E-state index contributed by atoms with van der Waals surface area (Å²) in [5.41, 5.74) is 3.63. The van der Waals surface area contributed by atoms with Gasteiger partial charge < -0.3 is 14.8 Å². The third-order valence-electron chi connectivity index (χ3n) is 5.88. The van der Waals surface area contributed by atoms with E-state index >= 15 is 0 Å². The maximum Gasteiger partial charge on any atom is 0.167 e. The lowest BCUT2D eigenvalue weighted by atomic mass is 10.00. The number of imidazole rings is 1. The molecule has 1 aliphatic heterocycles.